The molecule has 19 heavy (non-hydrogen) atoms. The molecule has 0 unspecified atom stereocenters. The van der Waals surface area contributed by atoms with Crippen molar-refractivity contribution in [1.82, 2.24) is 14.9 Å². The van der Waals surface area contributed by atoms with Gasteiger partial charge >= 0.3 is 0 Å². The fraction of sp³-hybridized carbons (Fsp3) is 0.231. The number of carbonyl (C=O) groups is 1. The average molecular weight is 262 g/mol. The number of hydrogen-bond donors (Lipinski definition) is 2. The number of aryl methyl sites for hydroxylation is 1. The number of anilines is 1. The minimum Gasteiger partial charge on any atom is -0.399 e. The van der Waals surface area contributed by atoms with Gasteiger partial charge in [0.25, 0.3) is 5.91 Å². The molecule has 1 aromatic carbocycles. The van der Waals surface area contributed by atoms with E-state index in [4.69, 9.17) is 5.73 Å². The van der Waals surface area contributed by atoms with E-state index in [1.165, 1.54) is 12.1 Å². The number of carbonyl (C=O) groups excluding carboxylic acids is 1. The summed E-state index contributed by atoms with van der Waals surface area (Å²) in [5.74, 6) is -0.998. The van der Waals surface area contributed by atoms with E-state index in [0.717, 1.165) is 0 Å². The molecule has 3 N–H and O–H groups in total. The first kappa shape index (κ1) is 13.1. The van der Waals surface area contributed by atoms with Crippen LogP contribution in [-0.4, -0.2) is 22.0 Å². The van der Waals surface area contributed by atoms with Crippen molar-refractivity contribution in [1.29, 1.82) is 0 Å². The highest BCUT2D eigenvalue weighted by Crippen LogP contribution is 2.16. The van der Waals surface area contributed by atoms with Gasteiger partial charge in [0, 0.05) is 31.2 Å². The van der Waals surface area contributed by atoms with Crippen molar-refractivity contribution in [2.45, 2.75) is 13.5 Å². The van der Waals surface area contributed by atoms with Crippen LogP contribution in [0.4, 0.5) is 10.1 Å². The number of rotatable bonds is 4. The summed E-state index contributed by atoms with van der Waals surface area (Å²) in [5.41, 5.74) is 6.32. The molecule has 2 aromatic rings. The predicted octanol–water partition coefficient (Wildman–Crippen LogP) is 1.34. The molecule has 0 aliphatic rings. The summed E-state index contributed by atoms with van der Waals surface area (Å²) < 4.78 is 15.6. The van der Waals surface area contributed by atoms with E-state index in [9.17, 15) is 9.18 Å². The second kappa shape index (κ2) is 5.51. The Bertz CT molecular complexity index is 581. The summed E-state index contributed by atoms with van der Waals surface area (Å²) in [7, 11) is 0. The Balaban J connectivity index is 2.00. The first-order chi connectivity index (χ1) is 9.08. The molecule has 6 heteroatoms. The smallest absolute Gasteiger partial charge is 0.254 e. The van der Waals surface area contributed by atoms with Gasteiger partial charge in [-0.25, -0.2) is 9.37 Å². The molecule has 0 spiro atoms. The minimum atomic E-state index is -0.533. The van der Waals surface area contributed by atoms with E-state index in [-0.39, 0.29) is 5.56 Å². The molecule has 0 saturated carbocycles. The first-order valence-corrected chi connectivity index (χ1v) is 5.87. The second-order valence-corrected chi connectivity index (χ2v) is 4.26. The highest BCUT2D eigenvalue weighted by atomic mass is 19.1. The fourth-order valence-corrected chi connectivity index (χ4v) is 1.78. The van der Waals surface area contributed by atoms with Crippen LogP contribution in [0.25, 0.3) is 0 Å². The number of halogens is 1. The Labute approximate surface area is 110 Å². The number of amides is 1. The summed E-state index contributed by atoms with van der Waals surface area (Å²) >= 11 is 0. The second-order valence-electron chi connectivity index (χ2n) is 4.26. The first-order valence-electron chi connectivity index (χ1n) is 5.87. The van der Waals surface area contributed by atoms with Crippen molar-refractivity contribution in [3.8, 4) is 0 Å². The molecule has 0 atom stereocenters. The van der Waals surface area contributed by atoms with Gasteiger partial charge in [-0.05, 0) is 24.6 Å². The van der Waals surface area contributed by atoms with Crippen LogP contribution in [0.15, 0.2) is 30.9 Å². The van der Waals surface area contributed by atoms with Crippen LogP contribution < -0.4 is 11.1 Å². The molecule has 2 rings (SSSR count). The third kappa shape index (κ3) is 3.09. The molecule has 0 saturated heterocycles. The summed E-state index contributed by atoms with van der Waals surface area (Å²) in [6.45, 7) is 2.55. The summed E-state index contributed by atoms with van der Waals surface area (Å²) in [6.07, 6.45) is 5.09. The highest BCUT2D eigenvalue weighted by Gasteiger charge is 2.14. The van der Waals surface area contributed by atoms with Crippen LogP contribution >= 0.6 is 0 Å². The quantitative estimate of drug-likeness (QED) is 0.817. The van der Waals surface area contributed by atoms with Crippen molar-refractivity contribution in [3.63, 3.8) is 0 Å². The minimum absolute atomic E-state index is 0.0249. The topological polar surface area (TPSA) is 72.9 Å². The van der Waals surface area contributed by atoms with Gasteiger partial charge in [0.05, 0.1) is 11.9 Å². The van der Waals surface area contributed by atoms with E-state index in [0.29, 0.717) is 24.3 Å². The number of benzene rings is 1. The number of aromatic nitrogens is 2. The number of nitrogens with one attached hydrogen (secondary N) is 1. The van der Waals surface area contributed by atoms with Gasteiger partial charge in [-0.15, -0.1) is 0 Å². The lowest BCUT2D eigenvalue weighted by Gasteiger charge is -2.09. The Hall–Kier alpha value is -2.37. The molecule has 0 fully saturated rings. The van der Waals surface area contributed by atoms with Gasteiger partial charge in [0.1, 0.15) is 5.82 Å². The zero-order valence-corrected chi connectivity index (χ0v) is 10.6. The third-order valence-electron chi connectivity index (χ3n) is 2.74. The molecular weight excluding hydrogens is 247 g/mol. The lowest BCUT2D eigenvalue weighted by Crippen LogP contribution is -2.28. The molecule has 0 bridgehead atoms. The van der Waals surface area contributed by atoms with E-state index in [1.54, 1.807) is 25.6 Å². The SMILES string of the molecule is Cc1cc(N)cc(C(=O)NCCn2ccnc2)c1F. The van der Waals surface area contributed by atoms with Crippen molar-refractivity contribution >= 4 is 11.6 Å². The van der Waals surface area contributed by atoms with Crippen molar-refractivity contribution in [3.05, 3.63) is 47.8 Å². The van der Waals surface area contributed by atoms with Crippen LogP contribution in [0.5, 0.6) is 0 Å². The fourth-order valence-electron chi connectivity index (χ4n) is 1.78. The van der Waals surface area contributed by atoms with E-state index >= 15 is 0 Å². The number of imidazole rings is 1. The van der Waals surface area contributed by atoms with E-state index < -0.39 is 11.7 Å². The zero-order chi connectivity index (χ0) is 13.8. The molecule has 0 radical (unpaired) electrons. The molecule has 100 valence electrons. The number of nitrogen functional groups attached to an aromatic ring is 1. The van der Waals surface area contributed by atoms with Gasteiger partial charge in [0.2, 0.25) is 0 Å². The molecule has 1 heterocycles. The molecule has 1 aromatic heterocycles. The maximum Gasteiger partial charge on any atom is 0.254 e. The monoisotopic (exact) mass is 262 g/mol. The summed E-state index contributed by atoms with van der Waals surface area (Å²) in [6, 6.07) is 2.84. The van der Waals surface area contributed by atoms with Crippen LogP contribution in [0.3, 0.4) is 0 Å². The number of nitrogens with zero attached hydrogens (tertiary/aromatic N) is 2. The number of nitrogens with two attached hydrogens (primary N) is 1. The summed E-state index contributed by atoms with van der Waals surface area (Å²) in [5, 5.41) is 2.65. The Morgan fingerprint density at radius 2 is 2.32 bits per heavy atom. The lowest BCUT2D eigenvalue weighted by atomic mass is 10.1. The van der Waals surface area contributed by atoms with Gasteiger partial charge in [0.15, 0.2) is 0 Å². The predicted molar refractivity (Wildman–Crippen MR) is 70.1 cm³/mol. The molecular formula is C13H15FN4O. The normalized spacial score (nSPS) is 10.4. The van der Waals surface area contributed by atoms with Gasteiger partial charge < -0.3 is 15.6 Å². The van der Waals surface area contributed by atoms with Crippen molar-refractivity contribution in [2.24, 2.45) is 0 Å². The number of hydrogen-bond acceptors (Lipinski definition) is 3. The zero-order valence-electron chi connectivity index (χ0n) is 10.6. The average Bonchev–Trinajstić information content (AvgIpc) is 2.86. The van der Waals surface area contributed by atoms with Crippen LogP contribution in [0.2, 0.25) is 0 Å². The Morgan fingerprint density at radius 3 is 3.00 bits per heavy atom. The van der Waals surface area contributed by atoms with Gasteiger partial charge in [-0.3, -0.25) is 4.79 Å². The van der Waals surface area contributed by atoms with Crippen LogP contribution in [0.1, 0.15) is 15.9 Å². The highest BCUT2D eigenvalue weighted by molar-refractivity contribution is 5.95. The Morgan fingerprint density at radius 1 is 1.53 bits per heavy atom. The maximum atomic E-state index is 13.8. The van der Waals surface area contributed by atoms with E-state index in [2.05, 4.69) is 10.3 Å². The lowest BCUT2D eigenvalue weighted by molar-refractivity contribution is 0.0948. The van der Waals surface area contributed by atoms with Crippen molar-refractivity contribution in [2.75, 3.05) is 12.3 Å². The largest absolute Gasteiger partial charge is 0.399 e. The molecule has 1 amide bonds. The van der Waals surface area contributed by atoms with Gasteiger partial charge in [-0.1, -0.05) is 0 Å². The standard InChI is InChI=1S/C13H15FN4O/c1-9-6-10(15)7-11(12(9)14)13(19)17-3-5-18-4-2-16-8-18/h2,4,6-8H,3,5,15H2,1H3,(H,17,19). The summed E-state index contributed by atoms with van der Waals surface area (Å²) in [4.78, 5) is 15.8. The Kier molecular flexibility index (Phi) is 3.79. The van der Waals surface area contributed by atoms with E-state index in [1.807, 2.05) is 4.57 Å². The van der Waals surface area contributed by atoms with Crippen molar-refractivity contribution < 1.29 is 9.18 Å². The maximum absolute atomic E-state index is 13.8. The molecule has 0 aliphatic carbocycles. The van der Waals surface area contributed by atoms with Crippen LogP contribution in [-0.2, 0) is 6.54 Å². The van der Waals surface area contributed by atoms with Gasteiger partial charge in [-0.2, -0.15) is 0 Å². The molecule has 5 nitrogen and oxygen atoms in total. The van der Waals surface area contributed by atoms with Crippen LogP contribution in [0, 0.1) is 12.7 Å². The third-order valence-corrected chi connectivity index (χ3v) is 2.74. The molecule has 0 aliphatic heterocycles.